The van der Waals surface area contributed by atoms with Gasteiger partial charge in [-0.05, 0) is 66.3 Å². The maximum atomic E-state index is 14.1. The smallest absolute Gasteiger partial charge is 0.264 e. The van der Waals surface area contributed by atoms with E-state index in [1.165, 1.54) is 17.0 Å². The lowest BCUT2D eigenvalue weighted by atomic mass is 10.0. The van der Waals surface area contributed by atoms with Gasteiger partial charge >= 0.3 is 0 Å². The number of benzene rings is 3. The summed E-state index contributed by atoms with van der Waals surface area (Å²) >= 11 is 0. The van der Waals surface area contributed by atoms with E-state index >= 15 is 0 Å². The third-order valence-corrected chi connectivity index (χ3v) is 8.67. The summed E-state index contributed by atoms with van der Waals surface area (Å²) in [6.07, 6.45) is 1.11. The molecule has 220 valence electrons. The first-order valence-corrected chi connectivity index (χ1v) is 15.4. The van der Waals surface area contributed by atoms with Gasteiger partial charge in [0.05, 0.1) is 17.7 Å². The SMILES string of the molecule is CCCNC(=O)[C@@H](CC)N(Cc1cccc(OC)c1)C(=O)CN(c1ccc(C(C)C)cc1)S(=O)(=O)c1ccccc1. The number of carbonyl (C=O) groups excluding carboxylic acids is 2. The zero-order valence-corrected chi connectivity index (χ0v) is 25.4. The number of sulfonamides is 1. The normalized spacial score (nSPS) is 12.0. The molecule has 0 fully saturated rings. The molecule has 0 aromatic heterocycles. The van der Waals surface area contributed by atoms with E-state index in [4.69, 9.17) is 4.74 Å². The van der Waals surface area contributed by atoms with Crippen LogP contribution >= 0.6 is 0 Å². The Balaban J connectivity index is 2.06. The third-order valence-electron chi connectivity index (χ3n) is 6.88. The number of hydrogen-bond acceptors (Lipinski definition) is 5. The summed E-state index contributed by atoms with van der Waals surface area (Å²) < 4.78 is 34.3. The maximum absolute atomic E-state index is 14.1. The van der Waals surface area contributed by atoms with Crippen LogP contribution in [0.3, 0.4) is 0 Å². The van der Waals surface area contributed by atoms with E-state index < -0.39 is 28.5 Å². The van der Waals surface area contributed by atoms with Crippen molar-refractivity contribution in [2.45, 2.75) is 63.9 Å². The van der Waals surface area contributed by atoms with E-state index in [-0.39, 0.29) is 23.3 Å². The minimum absolute atomic E-state index is 0.0767. The van der Waals surface area contributed by atoms with Crippen LogP contribution in [-0.4, -0.2) is 51.4 Å². The lowest BCUT2D eigenvalue weighted by molar-refractivity contribution is -0.140. The number of amides is 2. The van der Waals surface area contributed by atoms with Crippen molar-refractivity contribution in [1.29, 1.82) is 0 Å². The van der Waals surface area contributed by atoms with Crippen LogP contribution in [0.1, 0.15) is 57.6 Å². The highest BCUT2D eigenvalue weighted by molar-refractivity contribution is 7.92. The van der Waals surface area contributed by atoms with Crippen LogP contribution in [0.15, 0.2) is 83.8 Å². The monoisotopic (exact) mass is 579 g/mol. The standard InChI is InChI=1S/C32H41N3O5S/c1-6-20-33-32(37)30(7-2)34(22-25-12-11-13-28(21-25)40-5)31(36)23-35(27-18-16-26(17-19-27)24(3)4)41(38,39)29-14-9-8-10-15-29/h8-19,21,24,30H,6-7,20,22-23H2,1-5H3,(H,33,37)/t30-/m1/s1. The topological polar surface area (TPSA) is 96.0 Å². The molecule has 0 aliphatic heterocycles. The first-order chi connectivity index (χ1) is 19.6. The molecule has 0 aliphatic rings. The van der Waals surface area contributed by atoms with Gasteiger partial charge in [-0.15, -0.1) is 0 Å². The minimum Gasteiger partial charge on any atom is -0.497 e. The van der Waals surface area contributed by atoms with Crippen molar-refractivity contribution in [3.05, 3.63) is 90.0 Å². The molecule has 1 N–H and O–H groups in total. The predicted molar refractivity (Wildman–Crippen MR) is 162 cm³/mol. The zero-order chi connectivity index (χ0) is 30.0. The number of carbonyl (C=O) groups is 2. The summed E-state index contributed by atoms with van der Waals surface area (Å²) in [6.45, 7) is 8.03. The Bertz CT molecular complexity index is 1390. The fraction of sp³-hybridized carbons (Fsp3) is 0.375. The fourth-order valence-corrected chi connectivity index (χ4v) is 5.96. The molecular formula is C32H41N3O5S. The summed E-state index contributed by atoms with van der Waals surface area (Å²) in [6, 6.07) is 21.7. The fourth-order valence-electron chi connectivity index (χ4n) is 4.53. The first-order valence-electron chi connectivity index (χ1n) is 14.0. The summed E-state index contributed by atoms with van der Waals surface area (Å²) in [7, 11) is -2.54. The molecule has 0 heterocycles. The van der Waals surface area contributed by atoms with Gasteiger partial charge < -0.3 is 15.0 Å². The van der Waals surface area contributed by atoms with E-state index in [1.807, 2.05) is 38.1 Å². The van der Waals surface area contributed by atoms with Crippen molar-refractivity contribution < 1.29 is 22.7 Å². The van der Waals surface area contributed by atoms with Crippen molar-refractivity contribution >= 4 is 27.5 Å². The van der Waals surface area contributed by atoms with Crippen LogP contribution in [0.2, 0.25) is 0 Å². The maximum Gasteiger partial charge on any atom is 0.264 e. The molecule has 0 saturated carbocycles. The molecule has 1 atom stereocenters. The van der Waals surface area contributed by atoms with Gasteiger partial charge in [0, 0.05) is 13.1 Å². The van der Waals surface area contributed by atoms with Crippen LogP contribution in [-0.2, 0) is 26.2 Å². The molecule has 0 unspecified atom stereocenters. The number of rotatable bonds is 14. The number of nitrogens with zero attached hydrogens (tertiary/aromatic N) is 2. The van der Waals surface area contributed by atoms with Crippen LogP contribution in [0.25, 0.3) is 0 Å². The molecule has 0 bridgehead atoms. The van der Waals surface area contributed by atoms with Gasteiger partial charge in [-0.2, -0.15) is 0 Å². The number of anilines is 1. The molecule has 3 aromatic rings. The number of methoxy groups -OCH3 is 1. The van der Waals surface area contributed by atoms with Crippen LogP contribution < -0.4 is 14.4 Å². The lowest BCUT2D eigenvalue weighted by Crippen LogP contribution is -2.52. The van der Waals surface area contributed by atoms with Crippen LogP contribution in [0.4, 0.5) is 5.69 Å². The molecule has 3 aromatic carbocycles. The Kier molecular flexibility index (Phi) is 11.3. The molecule has 2 amide bonds. The zero-order valence-electron chi connectivity index (χ0n) is 24.5. The van der Waals surface area contributed by atoms with E-state index in [2.05, 4.69) is 19.2 Å². The van der Waals surface area contributed by atoms with E-state index in [1.54, 1.807) is 49.6 Å². The molecular weight excluding hydrogens is 538 g/mol. The first kappa shape index (κ1) is 31.7. The van der Waals surface area contributed by atoms with E-state index in [0.717, 1.165) is 21.9 Å². The Morgan fingerprint density at radius 3 is 2.20 bits per heavy atom. The van der Waals surface area contributed by atoms with Crippen LogP contribution in [0.5, 0.6) is 5.75 Å². The Morgan fingerprint density at radius 2 is 1.61 bits per heavy atom. The number of hydrogen-bond donors (Lipinski definition) is 1. The van der Waals surface area contributed by atoms with Crippen molar-refractivity contribution in [1.82, 2.24) is 10.2 Å². The molecule has 0 radical (unpaired) electrons. The molecule has 0 aliphatic carbocycles. The van der Waals surface area contributed by atoms with Gasteiger partial charge in [0.15, 0.2) is 0 Å². The average molecular weight is 580 g/mol. The van der Waals surface area contributed by atoms with Crippen LogP contribution in [0, 0.1) is 0 Å². The summed E-state index contributed by atoms with van der Waals surface area (Å²) in [5.41, 5.74) is 2.19. The molecule has 0 saturated heterocycles. The Labute approximate surface area is 244 Å². The molecule has 41 heavy (non-hydrogen) atoms. The van der Waals surface area contributed by atoms with Gasteiger partial charge in [0.1, 0.15) is 18.3 Å². The highest BCUT2D eigenvalue weighted by Crippen LogP contribution is 2.27. The van der Waals surface area contributed by atoms with Gasteiger partial charge in [0.25, 0.3) is 10.0 Å². The second-order valence-electron chi connectivity index (χ2n) is 10.2. The van der Waals surface area contributed by atoms with Gasteiger partial charge in [-0.3, -0.25) is 13.9 Å². The van der Waals surface area contributed by atoms with Gasteiger partial charge in [-0.25, -0.2) is 8.42 Å². The average Bonchev–Trinajstić information content (AvgIpc) is 2.99. The Morgan fingerprint density at radius 1 is 0.927 bits per heavy atom. The van der Waals surface area contributed by atoms with Crippen molar-refractivity contribution in [2.24, 2.45) is 0 Å². The van der Waals surface area contributed by atoms with Crippen molar-refractivity contribution in [2.75, 3.05) is 24.5 Å². The molecule has 8 nitrogen and oxygen atoms in total. The molecule has 3 rings (SSSR count). The quantitative estimate of drug-likeness (QED) is 0.278. The van der Waals surface area contributed by atoms with E-state index in [0.29, 0.717) is 24.4 Å². The van der Waals surface area contributed by atoms with Crippen molar-refractivity contribution in [3.63, 3.8) is 0 Å². The van der Waals surface area contributed by atoms with Gasteiger partial charge in [-0.1, -0.05) is 70.2 Å². The lowest BCUT2D eigenvalue weighted by Gasteiger charge is -2.33. The highest BCUT2D eigenvalue weighted by Gasteiger charge is 2.33. The molecule has 9 heteroatoms. The summed E-state index contributed by atoms with van der Waals surface area (Å²) in [4.78, 5) is 28.9. The van der Waals surface area contributed by atoms with Gasteiger partial charge in [0.2, 0.25) is 11.8 Å². The number of nitrogens with one attached hydrogen (secondary N) is 1. The second kappa shape index (κ2) is 14.7. The summed E-state index contributed by atoms with van der Waals surface area (Å²) in [5.74, 6) is 0.121. The highest BCUT2D eigenvalue weighted by atomic mass is 32.2. The second-order valence-corrected chi connectivity index (χ2v) is 12.0. The third kappa shape index (κ3) is 8.10. The Hall–Kier alpha value is -3.85. The molecule has 0 spiro atoms. The number of ether oxygens (including phenoxy) is 1. The minimum atomic E-state index is -4.10. The largest absolute Gasteiger partial charge is 0.497 e. The van der Waals surface area contributed by atoms with Crippen molar-refractivity contribution in [3.8, 4) is 5.75 Å². The van der Waals surface area contributed by atoms with E-state index in [9.17, 15) is 18.0 Å². The predicted octanol–water partition coefficient (Wildman–Crippen LogP) is 5.35. The summed E-state index contributed by atoms with van der Waals surface area (Å²) in [5, 5.41) is 2.90.